The van der Waals surface area contributed by atoms with Crippen molar-refractivity contribution in [1.29, 1.82) is 5.26 Å². The Kier molecular flexibility index (Phi) is 3.89. The molecule has 0 amide bonds. The van der Waals surface area contributed by atoms with Crippen LogP contribution in [-0.2, 0) is 0 Å². The van der Waals surface area contributed by atoms with Crippen LogP contribution in [0.1, 0.15) is 11.4 Å². The van der Waals surface area contributed by atoms with Gasteiger partial charge in [0.2, 0.25) is 0 Å². The summed E-state index contributed by atoms with van der Waals surface area (Å²) in [5.74, 6) is 0.991. The van der Waals surface area contributed by atoms with E-state index in [1.54, 1.807) is 49.6 Å². The Morgan fingerprint density at radius 3 is 2.65 bits per heavy atom. The van der Waals surface area contributed by atoms with Gasteiger partial charge < -0.3 is 9.72 Å². The molecular weight excluding hydrogens is 290 g/mol. The quantitative estimate of drug-likeness (QED) is 0.754. The lowest BCUT2D eigenvalue weighted by Gasteiger charge is -2.03. The van der Waals surface area contributed by atoms with Crippen LogP contribution in [0.15, 0.2) is 53.3 Å². The van der Waals surface area contributed by atoms with E-state index in [0.717, 1.165) is 11.3 Å². The number of H-pyrrole nitrogens is 1. The number of benzene rings is 2. The molecule has 0 fully saturated rings. The van der Waals surface area contributed by atoms with Gasteiger partial charge in [0.1, 0.15) is 11.8 Å². The fraction of sp³-hybridized carbons (Fsp3) is 0.0556. The topological polar surface area (TPSA) is 78.8 Å². The first-order valence-corrected chi connectivity index (χ1v) is 6.96. The van der Waals surface area contributed by atoms with Crippen molar-refractivity contribution >= 4 is 22.6 Å². The number of para-hydroxylation sites is 1. The van der Waals surface area contributed by atoms with Crippen LogP contribution in [0.25, 0.3) is 22.6 Å². The average molecular weight is 303 g/mol. The maximum absolute atomic E-state index is 12.1. The first-order valence-electron chi connectivity index (χ1n) is 6.96. The van der Waals surface area contributed by atoms with Crippen LogP contribution in [0, 0.1) is 11.3 Å². The van der Waals surface area contributed by atoms with Gasteiger partial charge in [-0.1, -0.05) is 24.3 Å². The molecular formula is C18H13N3O2. The van der Waals surface area contributed by atoms with Gasteiger partial charge >= 0.3 is 0 Å². The van der Waals surface area contributed by atoms with Gasteiger partial charge in [-0.15, -0.1) is 0 Å². The molecule has 0 atom stereocenters. The fourth-order valence-electron chi connectivity index (χ4n) is 2.23. The number of hydrogen-bond acceptors (Lipinski definition) is 4. The molecule has 5 nitrogen and oxygen atoms in total. The molecule has 3 aromatic rings. The second kappa shape index (κ2) is 6.16. The minimum Gasteiger partial charge on any atom is -0.497 e. The number of aromatic nitrogens is 2. The Bertz CT molecular complexity index is 980. The van der Waals surface area contributed by atoms with E-state index in [2.05, 4.69) is 16.0 Å². The third-order valence-electron chi connectivity index (χ3n) is 3.42. The zero-order chi connectivity index (χ0) is 16.2. The molecule has 5 heteroatoms. The number of fused-ring (bicyclic) bond motifs is 1. The lowest BCUT2D eigenvalue weighted by Crippen LogP contribution is -2.11. The van der Waals surface area contributed by atoms with Crippen molar-refractivity contribution < 1.29 is 4.74 Å². The van der Waals surface area contributed by atoms with Gasteiger partial charge in [-0.2, -0.15) is 5.26 Å². The highest BCUT2D eigenvalue weighted by Crippen LogP contribution is 2.18. The number of hydrogen-bond donors (Lipinski definition) is 1. The number of nitrogens with one attached hydrogen (secondary N) is 1. The highest BCUT2D eigenvalue weighted by Gasteiger charge is 2.08. The minimum absolute atomic E-state index is 0.256. The van der Waals surface area contributed by atoms with Crippen LogP contribution in [-0.4, -0.2) is 17.1 Å². The summed E-state index contributed by atoms with van der Waals surface area (Å²) >= 11 is 0. The SMILES string of the molecule is COc1ccc(/C=C(\C#N)c2nc3ccccc3c(=O)[nH]2)cc1. The molecule has 0 saturated heterocycles. The van der Waals surface area contributed by atoms with Crippen LogP contribution in [0.5, 0.6) is 5.75 Å². The van der Waals surface area contributed by atoms with E-state index in [1.165, 1.54) is 0 Å². The summed E-state index contributed by atoms with van der Waals surface area (Å²) in [5, 5.41) is 9.90. The molecule has 0 radical (unpaired) electrons. The van der Waals surface area contributed by atoms with Gasteiger partial charge in [0.05, 0.1) is 23.6 Å². The molecule has 1 N–H and O–H groups in total. The lowest BCUT2D eigenvalue weighted by molar-refractivity contribution is 0.415. The number of methoxy groups -OCH3 is 1. The van der Waals surface area contributed by atoms with Crippen molar-refractivity contribution in [2.45, 2.75) is 0 Å². The zero-order valence-corrected chi connectivity index (χ0v) is 12.4. The largest absolute Gasteiger partial charge is 0.497 e. The van der Waals surface area contributed by atoms with E-state index in [9.17, 15) is 10.1 Å². The summed E-state index contributed by atoms with van der Waals surface area (Å²) in [6.07, 6.45) is 1.67. The molecule has 0 bridgehead atoms. The average Bonchev–Trinajstić information content (AvgIpc) is 2.60. The van der Waals surface area contributed by atoms with Gasteiger partial charge in [0, 0.05) is 0 Å². The summed E-state index contributed by atoms with van der Waals surface area (Å²) < 4.78 is 5.10. The Morgan fingerprint density at radius 2 is 1.96 bits per heavy atom. The number of nitriles is 1. The van der Waals surface area contributed by atoms with Crippen molar-refractivity contribution in [2.75, 3.05) is 7.11 Å². The molecule has 1 heterocycles. The molecule has 0 aliphatic heterocycles. The standard InChI is InChI=1S/C18H13N3O2/c1-23-14-8-6-12(7-9-14)10-13(11-19)17-20-16-5-3-2-4-15(16)18(22)21-17/h2-10H,1H3,(H,20,21,22)/b13-10+. The summed E-state index contributed by atoms with van der Waals surface area (Å²) in [5.41, 5.74) is 1.40. The molecule has 112 valence electrons. The maximum atomic E-state index is 12.1. The second-order valence-electron chi connectivity index (χ2n) is 4.87. The van der Waals surface area contributed by atoms with Crippen molar-refractivity contribution in [2.24, 2.45) is 0 Å². The fourth-order valence-corrected chi connectivity index (χ4v) is 2.23. The third kappa shape index (κ3) is 2.97. The lowest BCUT2D eigenvalue weighted by atomic mass is 10.1. The molecule has 0 aliphatic rings. The molecule has 0 unspecified atom stereocenters. The third-order valence-corrected chi connectivity index (χ3v) is 3.42. The Morgan fingerprint density at radius 1 is 1.22 bits per heavy atom. The number of ether oxygens (including phenoxy) is 1. The van der Waals surface area contributed by atoms with Crippen LogP contribution in [0.4, 0.5) is 0 Å². The molecule has 2 aromatic carbocycles. The monoisotopic (exact) mass is 303 g/mol. The van der Waals surface area contributed by atoms with Crippen molar-refractivity contribution in [1.82, 2.24) is 9.97 Å². The Labute approximate surface area is 132 Å². The van der Waals surface area contributed by atoms with Crippen molar-refractivity contribution in [3.8, 4) is 11.8 Å². The smallest absolute Gasteiger partial charge is 0.259 e. The van der Waals surface area contributed by atoms with Crippen molar-refractivity contribution in [3.05, 3.63) is 70.3 Å². The van der Waals surface area contributed by atoms with E-state index in [0.29, 0.717) is 10.9 Å². The Balaban J connectivity index is 2.08. The first kappa shape index (κ1) is 14.5. The summed E-state index contributed by atoms with van der Waals surface area (Å²) in [6.45, 7) is 0. The van der Waals surface area contributed by atoms with Gasteiger partial charge in [-0.25, -0.2) is 4.98 Å². The Hall–Kier alpha value is -3.39. The predicted molar refractivity (Wildman–Crippen MR) is 88.8 cm³/mol. The highest BCUT2D eigenvalue weighted by atomic mass is 16.5. The van der Waals surface area contributed by atoms with Crippen LogP contribution >= 0.6 is 0 Å². The molecule has 23 heavy (non-hydrogen) atoms. The predicted octanol–water partition coefficient (Wildman–Crippen LogP) is 3.00. The van der Waals surface area contributed by atoms with E-state index in [-0.39, 0.29) is 17.0 Å². The number of nitrogens with zero attached hydrogens (tertiary/aromatic N) is 2. The van der Waals surface area contributed by atoms with Crippen LogP contribution in [0.3, 0.4) is 0 Å². The molecule has 0 spiro atoms. The van der Waals surface area contributed by atoms with E-state index in [4.69, 9.17) is 4.74 Å². The zero-order valence-electron chi connectivity index (χ0n) is 12.4. The van der Waals surface area contributed by atoms with E-state index < -0.39 is 0 Å². The first-order chi connectivity index (χ1) is 11.2. The molecule has 0 saturated carbocycles. The molecule has 0 aliphatic carbocycles. The summed E-state index contributed by atoms with van der Waals surface area (Å²) in [7, 11) is 1.59. The van der Waals surface area contributed by atoms with E-state index >= 15 is 0 Å². The number of allylic oxidation sites excluding steroid dienone is 1. The number of rotatable bonds is 3. The molecule has 1 aromatic heterocycles. The van der Waals surface area contributed by atoms with Gasteiger partial charge in [0.15, 0.2) is 5.82 Å². The van der Waals surface area contributed by atoms with Crippen LogP contribution < -0.4 is 10.3 Å². The van der Waals surface area contributed by atoms with Gasteiger partial charge in [-0.05, 0) is 35.9 Å². The van der Waals surface area contributed by atoms with Crippen LogP contribution in [0.2, 0.25) is 0 Å². The van der Waals surface area contributed by atoms with Gasteiger partial charge in [-0.3, -0.25) is 4.79 Å². The van der Waals surface area contributed by atoms with Gasteiger partial charge in [0.25, 0.3) is 5.56 Å². The number of aromatic amines is 1. The summed E-state index contributed by atoms with van der Waals surface area (Å²) in [6, 6.07) is 16.4. The van der Waals surface area contributed by atoms with E-state index in [1.807, 2.05) is 12.1 Å². The minimum atomic E-state index is -0.263. The summed E-state index contributed by atoms with van der Waals surface area (Å²) in [4.78, 5) is 19.1. The second-order valence-corrected chi connectivity index (χ2v) is 4.87. The highest BCUT2D eigenvalue weighted by molar-refractivity contribution is 5.89. The normalized spacial score (nSPS) is 11.2. The van der Waals surface area contributed by atoms with Crippen molar-refractivity contribution in [3.63, 3.8) is 0 Å². The molecule has 3 rings (SSSR count). The maximum Gasteiger partial charge on any atom is 0.259 e.